The quantitative estimate of drug-likeness (QED) is 0.582. The molecule has 0 radical (unpaired) electrons. The van der Waals surface area contributed by atoms with E-state index in [-0.39, 0.29) is 41.9 Å². The predicted molar refractivity (Wildman–Crippen MR) is 137 cm³/mol. The molecule has 0 aliphatic carbocycles. The predicted octanol–water partition coefficient (Wildman–Crippen LogP) is 4.15. The van der Waals surface area contributed by atoms with E-state index < -0.39 is 0 Å². The van der Waals surface area contributed by atoms with Crippen molar-refractivity contribution in [1.82, 2.24) is 14.7 Å². The number of rotatable bonds is 7. The van der Waals surface area contributed by atoms with Crippen molar-refractivity contribution in [1.29, 1.82) is 0 Å². The van der Waals surface area contributed by atoms with Crippen LogP contribution in [0.25, 0.3) is 0 Å². The standard InChI is InChI=1S/C29H36FN3O3/c1-2-16-33(26-14-18-31(19-15-26)28(35)23-7-4-3-5-8-23)29(36)24-9-6-17-32(21-24)27(34)20-22-10-12-25(30)13-11-22/h3-5,7-8,10-13,24,26H,2,6,9,14-21H2,1H3. The largest absolute Gasteiger partial charge is 0.342 e. The average Bonchev–Trinajstić information content (AvgIpc) is 2.93. The van der Waals surface area contributed by atoms with Gasteiger partial charge in [-0.2, -0.15) is 0 Å². The van der Waals surface area contributed by atoms with Crippen LogP contribution in [0.4, 0.5) is 4.39 Å². The number of likely N-dealkylation sites (tertiary alicyclic amines) is 2. The summed E-state index contributed by atoms with van der Waals surface area (Å²) in [6.45, 7) is 5.13. The summed E-state index contributed by atoms with van der Waals surface area (Å²) in [6.07, 6.45) is 4.21. The minimum absolute atomic E-state index is 0.0196. The third-order valence-electron chi connectivity index (χ3n) is 7.35. The molecule has 1 unspecified atom stereocenters. The van der Waals surface area contributed by atoms with Crippen molar-refractivity contribution in [3.63, 3.8) is 0 Å². The van der Waals surface area contributed by atoms with Crippen LogP contribution in [-0.2, 0) is 16.0 Å². The number of halogens is 1. The minimum atomic E-state index is -0.318. The van der Waals surface area contributed by atoms with E-state index >= 15 is 0 Å². The second-order valence-electron chi connectivity index (χ2n) is 9.90. The molecule has 2 fully saturated rings. The van der Waals surface area contributed by atoms with Crippen LogP contribution >= 0.6 is 0 Å². The van der Waals surface area contributed by atoms with Crippen molar-refractivity contribution in [3.05, 3.63) is 71.5 Å². The third-order valence-corrected chi connectivity index (χ3v) is 7.35. The number of carbonyl (C=O) groups is 3. The van der Waals surface area contributed by atoms with Crippen molar-refractivity contribution in [2.75, 3.05) is 32.7 Å². The highest BCUT2D eigenvalue weighted by Crippen LogP contribution is 2.25. The molecule has 1 atom stereocenters. The highest BCUT2D eigenvalue weighted by Gasteiger charge is 2.35. The van der Waals surface area contributed by atoms with E-state index in [1.54, 1.807) is 17.0 Å². The molecule has 0 bridgehead atoms. The van der Waals surface area contributed by atoms with Crippen LogP contribution in [0.5, 0.6) is 0 Å². The lowest BCUT2D eigenvalue weighted by Gasteiger charge is -2.41. The van der Waals surface area contributed by atoms with E-state index in [9.17, 15) is 18.8 Å². The number of carbonyl (C=O) groups excluding carboxylic acids is 3. The zero-order chi connectivity index (χ0) is 25.5. The maximum atomic E-state index is 13.7. The van der Waals surface area contributed by atoms with Gasteiger partial charge in [0, 0.05) is 44.3 Å². The van der Waals surface area contributed by atoms with E-state index in [1.165, 1.54) is 12.1 Å². The fourth-order valence-electron chi connectivity index (χ4n) is 5.39. The Bertz CT molecular complexity index is 1040. The molecule has 0 spiro atoms. The first-order valence-electron chi connectivity index (χ1n) is 13.1. The molecule has 2 aliphatic rings. The summed E-state index contributed by atoms with van der Waals surface area (Å²) in [5.41, 5.74) is 1.48. The summed E-state index contributed by atoms with van der Waals surface area (Å²) in [5, 5.41) is 0. The van der Waals surface area contributed by atoms with Gasteiger partial charge in [0.25, 0.3) is 5.91 Å². The third kappa shape index (κ3) is 6.31. The Labute approximate surface area is 213 Å². The Hall–Kier alpha value is -3.22. The molecular formula is C29H36FN3O3. The number of piperidine rings is 2. The van der Waals surface area contributed by atoms with Gasteiger partial charge in [-0.15, -0.1) is 0 Å². The van der Waals surface area contributed by atoms with Crippen molar-refractivity contribution < 1.29 is 18.8 Å². The first-order valence-corrected chi connectivity index (χ1v) is 13.1. The normalized spacial score (nSPS) is 18.7. The number of hydrogen-bond acceptors (Lipinski definition) is 3. The van der Waals surface area contributed by atoms with Crippen LogP contribution in [0.15, 0.2) is 54.6 Å². The molecule has 0 saturated carbocycles. The van der Waals surface area contributed by atoms with Crippen molar-refractivity contribution in [3.8, 4) is 0 Å². The van der Waals surface area contributed by atoms with E-state index in [0.717, 1.165) is 37.7 Å². The lowest BCUT2D eigenvalue weighted by molar-refractivity contribution is -0.143. The summed E-state index contributed by atoms with van der Waals surface area (Å²) in [4.78, 5) is 45.1. The first kappa shape index (κ1) is 25.9. The first-order chi connectivity index (χ1) is 17.5. The molecule has 192 valence electrons. The molecule has 0 aromatic heterocycles. The van der Waals surface area contributed by atoms with Gasteiger partial charge in [-0.1, -0.05) is 37.3 Å². The van der Waals surface area contributed by atoms with Gasteiger partial charge in [0.15, 0.2) is 0 Å². The lowest BCUT2D eigenvalue weighted by Crippen LogP contribution is -2.53. The second kappa shape index (κ2) is 12.2. The number of benzene rings is 2. The smallest absolute Gasteiger partial charge is 0.253 e. The maximum absolute atomic E-state index is 13.7. The van der Waals surface area contributed by atoms with Gasteiger partial charge in [-0.05, 0) is 61.9 Å². The molecule has 2 heterocycles. The summed E-state index contributed by atoms with van der Waals surface area (Å²) < 4.78 is 13.2. The Balaban J connectivity index is 1.34. The SMILES string of the molecule is CCCN(C(=O)C1CCCN(C(=O)Cc2ccc(F)cc2)C1)C1CCN(C(=O)c2ccccc2)CC1. The molecule has 0 N–H and O–H groups in total. The van der Waals surface area contributed by atoms with E-state index in [4.69, 9.17) is 0 Å². The fraction of sp³-hybridized carbons (Fsp3) is 0.483. The van der Waals surface area contributed by atoms with Gasteiger partial charge in [0.1, 0.15) is 5.82 Å². The Morgan fingerprint density at radius 1 is 0.917 bits per heavy atom. The monoisotopic (exact) mass is 493 g/mol. The molecule has 3 amide bonds. The number of hydrogen-bond donors (Lipinski definition) is 0. The Morgan fingerprint density at radius 2 is 1.61 bits per heavy atom. The van der Waals surface area contributed by atoms with Crippen molar-refractivity contribution >= 4 is 17.7 Å². The number of nitrogens with zero attached hydrogens (tertiary/aromatic N) is 3. The van der Waals surface area contributed by atoms with Gasteiger partial charge in [0.05, 0.1) is 12.3 Å². The molecule has 2 aromatic rings. The zero-order valence-electron chi connectivity index (χ0n) is 21.1. The molecule has 7 heteroatoms. The second-order valence-corrected chi connectivity index (χ2v) is 9.90. The van der Waals surface area contributed by atoms with Gasteiger partial charge in [0.2, 0.25) is 11.8 Å². The number of amides is 3. The Morgan fingerprint density at radius 3 is 2.28 bits per heavy atom. The molecule has 2 saturated heterocycles. The van der Waals surface area contributed by atoms with Crippen LogP contribution < -0.4 is 0 Å². The highest BCUT2D eigenvalue weighted by molar-refractivity contribution is 5.94. The highest BCUT2D eigenvalue weighted by atomic mass is 19.1. The lowest BCUT2D eigenvalue weighted by atomic mass is 9.93. The maximum Gasteiger partial charge on any atom is 0.253 e. The van der Waals surface area contributed by atoms with Crippen LogP contribution in [0.2, 0.25) is 0 Å². The van der Waals surface area contributed by atoms with E-state index in [2.05, 4.69) is 6.92 Å². The summed E-state index contributed by atoms with van der Waals surface area (Å²) in [7, 11) is 0. The summed E-state index contributed by atoms with van der Waals surface area (Å²) in [5.74, 6) is -0.365. The van der Waals surface area contributed by atoms with E-state index in [1.807, 2.05) is 40.1 Å². The molecule has 36 heavy (non-hydrogen) atoms. The topological polar surface area (TPSA) is 60.9 Å². The fourth-order valence-corrected chi connectivity index (χ4v) is 5.39. The zero-order valence-corrected chi connectivity index (χ0v) is 21.1. The van der Waals surface area contributed by atoms with Gasteiger partial charge in [-0.25, -0.2) is 4.39 Å². The van der Waals surface area contributed by atoms with Gasteiger partial charge in [-0.3, -0.25) is 14.4 Å². The van der Waals surface area contributed by atoms with E-state index in [0.29, 0.717) is 38.3 Å². The van der Waals surface area contributed by atoms with Crippen LogP contribution in [-0.4, -0.2) is 71.2 Å². The molecular weight excluding hydrogens is 457 g/mol. The molecule has 2 aliphatic heterocycles. The van der Waals surface area contributed by atoms with Gasteiger partial charge >= 0.3 is 0 Å². The minimum Gasteiger partial charge on any atom is -0.342 e. The molecule has 6 nitrogen and oxygen atoms in total. The Kier molecular flexibility index (Phi) is 8.73. The van der Waals surface area contributed by atoms with Crippen LogP contribution in [0.1, 0.15) is 54.9 Å². The van der Waals surface area contributed by atoms with Crippen LogP contribution in [0, 0.1) is 11.7 Å². The molecule has 4 rings (SSSR count). The summed E-state index contributed by atoms with van der Waals surface area (Å²) >= 11 is 0. The van der Waals surface area contributed by atoms with Crippen LogP contribution in [0.3, 0.4) is 0 Å². The molecule has 2 aromatic carbocycles. The average molecular weight is 494 g/mol. The van der Waals surface area contributed by atoms with Crippen molar-refractivity contribution in [2.45, 2.75) is 51.5 Å². The van der Waals surface area contributed by atoms with Gasteiger partial charge < -0.3 is 14.7 Å². The summed E-state index contributed by atoms with van der Waals surface area (Å²) in [6, 6.07) is 15.5. The van der Waals surface area contributed by atoms with Crippen molar-refractivity contribution in [2.24, 2.45) is 5.92 Å².